The lowest BCUT2D eigenvalue weighted by molar-refractivity contribution is -0.442. The van der Waals surface area contributed by atoms with E-state index in [0.29, 0.717) is 6.07 Å². The van der Waals surface area contributed by atoms with Gasteiger partial charge in [0.15, 0.2) is 0 Å². The molecule has 1 rings (SSSR count). The number of alkyl halides is 13. The van der Waals surface area contributed by atoms with E-state index < -0.39 is 63.6 Å². The van der Waals surface area contributed by atoms with Crippen LogP contribution in [-0.4, -0.2) is 51.9 Å². The zero-order valence-corrected chi connectivity index (χ0v) is 16.0. The van der Waals surface area contributed by atoms with Crippen LogP contribution in [0.1, 0.15) is 19.5 Å². The maximum Gasteiger partial charge on any atom is 0.460 e. The summed E-state index contributed by atoms with van der Waals surface area (Å²) in [5, 5.41) is 10.3. The van der Waals surface area contributed by atoms with E-state index >= 15 is 0 Å². The van der Waals surface area contributed by atoms with E-state index in [1.54, 1.807) is 0 Å². The van der Waals surface area contributed by atoms with Crippen molar-refractivity contribution in [2.75, 3.05) is 0 Å². The minimum atomic E-state index is -8.08. The second-order valence-electron chi connectivity index (χ2n) is 6.70. The molecule has 18 heteroatoms. The van der Waals surface area contributed by atoms with E-state index in [1.165, 1.54) is 13.8 Å². The Hall–Kier alpha value is -2.69. The number of halogens is 13. The second kappa shape index (κ2) is 8.27. The molecule has 0 radical (unpaired) electrons. The molecule has 1 aromatic rings. The molecule has 0 aliphatic carbocycles. The normalized spacial score (nSPS) is 15.2. The zero-order chi connectivity index (χ0) is 26.4. The highest BCUT2D eigenvalue weighted by atomic mass is 19.4. The lowest BCUT2D eigenvalue weighted by Gasteiger charge is -2.39. The first-order chi connectivity index (χ1) is 14.4. The summed E-state index contributed by atoms with van der Waals surface area (Å²) in [4.78, 5) is 14.5. The fourth-order valence-corrected chi connectivity index (χ4v) is 2.11. The van der Waals surface area contributed by atoms with Crippen LogP contribution in [0.15, 0.2) is 23.3 Å². The molecular formula is C15H12F13N3O2. The van der Waals surface area contributed by atoms with Gasteiger partial charge in [-0.1, -0.05) is 0 Å². The average Bonchev–Trinajstić information content (AvgIpc) is 2.60. The maximum absolute atomic E-state index is 14.2. The van der Waals surface area contributed by atoms with Gasteiger partial charge >= 0.3 is 41.8 Å². The van der Waals surface area contributed by atoms with Crippen molar-refractivity contribution < 1.29 is 67.1 Å². The van der Waals surface area contributed by atoms with Crippen LogP contribution in [0, 0.1) is 0 Å². The molecule has 0 unspecified atom stereocenters. The number of amides is 2. The summed E-state index contributed by atoms with van der Waals surface area (Å²) in [7, 11) is 0. The van der Waals surface area contributed by atoms with Gasteiger partial charge in [0.25, 0.3) is 0 Å². The number of hydrogen-bond donors (Lipinski definition) is 2. The highest BCUT2D eigenvalue weighted by molar-refractivity contribution is 5.75. The highest BCUT2D eigenvalue weighted by Crippen LogP contribution is 2.61. The third-order valence-electron chi connectivity index (χ3n) is 3.82. The van der Waals surface area contributed by atoms with Gasteiger partial charge in [-0.25, -0.2) is 4.79 Å². The van der Waals surface area contributed by atoms with Gasteiger partial charge in [-0.05, 0) is 26.0 Å². The third kappa shape index (κ3) is 4.55. The smallest absolute Gasteiger partial charge is 0.429 e. The summed E-state index contributed by atoms with van der Waals surface area (Å²) >= 11 is 0. The molecule has 0 fully saturated rings. The van der Waals surface area contributed by atoms with Gasteiger partial charge in [0.1, 0.15) is 5.69 Å². The first kappa shape index (κ1) is 28.3. The Balaban J connectivity index is 3.69. The van der Waals surface area contributed by atoms with Crippen LogP contribution in [0.3, 0.4) is 0 Å². The summed E-state index contributed by atoms with van der Waals surface area (Å²) in [6.07, 6.45) is -7.54. The molecule has 0 atom stereocenters. The van der Waals surface area contributed by atoms with Gasteiger partial charge in [0.05, 0.1) is 5.36 Å². The van der Waals surface area contributed by atoms with E-state index in [-0.39, 0.29) is 12.3 Å². The molecule has 1 heterocycles. The number of nitrogens with zero attached hydrogens (tertiary/aromatic N) is 2. The van der Waals surface area contributed by atoms with Gasteiger partial charge in [-0.15, -0.1) is 0 Å². The van der Waals surface area contributed by atoms with Gasteiger partial charge in [-0.3, -0.25) is 0 Å². The van der Waals surface area contributed by atoms with Gasteiger partial charge < -0.3 is 10.5 Å². The number of carbonyl (C=O) groups excluding carboxylic acids is 1. The predicted octanol–water partition coefficient (Wildman–Crippen LogP) is 4.94. The van der Waals surface area contributed by atoms with E-state index in [4.69, 9.17) is 0 Å². The van der Waals surface area contributed by atoms with Crippen molar-refractivity contribution in [2.45, 2.75) is 55.7 Å². The van der Waals surface area contributed by atoms with Gasteiger partial charge in [0.2, 0.25) is 0 Å². The number of aromatic nitrogens is 1. The molecule has 0 saturated carbocycles. The van der Waals surface area contributed by atoms with E-state index in [0.717, 1.165) is 0 Å². The standard InChI is InChI=1S/C15H12F13N3O2/c1-6(2)29-9(32)30-7-3-4-31(33)8(5-7)10(16,17)11(18,19)12(20,21)13(22,23)14(24,25)15(26,27)28/h3-6,33H,1-2H3,(H,29,32)/b30-7+. The summed E-state index contributed by atoms with van der Waals surface area (Å²) in [5.74, 6) is -38.3. The molecule has 0 bridgehead atoms. The molecule has 0 aliphatic rings. The van der Waals surface area contributed by atoms with Crippen LogP contribution < -0.4 is 10.7 Å². The molecule has 0 aliphatic heterocycles. The van der Waals surface area contributed by atoms with Crippen molar-refractivity contribution in [3.8, 4) is 0 Å². The topological polar surface area (TPSA) is 66.6 Å². The van der Waals surface area contributed by atoms with Crippen LogP contribution in [0.25, 0.3) is 0 Å². The van der Waals surface area contributed by atoms with E-state index in [9.17, 15) is 67.1 Å². The summed E-state index contributed by atoms with van der Waals surface area (Å²) in [5.41, 5.74) is -2.70. The minimum Gasteiger partial charge on any atom is -0.429 e. The Labute approximate surface area is 174 Å². The number of hydrogen-bond acceptors (Lipinski definition) is 2. The van der Waals surface area contributed by atoms with Crippen molar-refractivity contribution in [2.24, 2.45) is 4.99 Å². The van der Waals surface area contributed by atoms with Crippen LogP contribution in [0.5, 0.6) is 0 Å². The molecule has 0 aromatic carbocycles. The van der Waals surface area contributed by atoms with Crippen molar-refractivity contribution in [3.05, 3.63) is 29.4 Å². The molecule has 33 heavy (non-hydrogen) atoms. The van der Waals surface area contributed by atoms with Crippen molar-refractivity contribution in [1.82, 2.24) is 10.0 Å². The fraction of sp³-hybridized carbons (Fsp3) is 0.600. The van der Waals surface area contributed by atoms with E-state index in [1.807, 2.05) is 5.32 Å². The first-order valence-corrected chi connectivity index (χ1v) is 8.18. The van der Waals surface area contributed by atoms with Gasteiger partial charge in [-0.2, -0.15) is 66.8 Å². The first-order valence-electron chi connectivity index (χ1n) is 8.18. The Morgan fingerprint density at radius 3 is 1.76 bits per heavy atom. The molecule has 1 aromatic heterocycles. The van der Waals surface area contributed by atoms with Crippen molar-refractivity contribution >= 4 is 6.03 Å². The predicted molar refractivity (Wildman–Crippen MR) is 80.6 cm³/mol. The fourth-order valence-electron chi connectivity index (χ4n) is 2.11. The number of nitrogens with one attached hydrogen (secondary N) is 1. The van der Waals surface area contributed by atoms with Crippen LogP contribution in [0.2, 0.25) is 0 Å². The molecular weight excluding hydrogens is 501 g/mol. The number of pyridine rings is 1. The monoisotopic (exact) mass is 513 g/mol. The lowest BCUT2D eigenvalue weighted by Crippen LogP contribution is -2.69. The van der Waals surface area contributed by atoms with Crippen LogP contribution >= 0.6 is 0 Å². The summed E-state index contributed by atoms with van der Waals surface area (Å²) < 4.78 is 171. The minimum absolute atomic E-state index is 0.00140. The largest absolute Gasteiger partial charge is 0.460 e. The molecule has 0 saturated heterocycles. The van der Waals surface area contributed by atoms with Crippen molar-refractivity contribution in [3.63, 3.8) is 0 Å². The number of rotatable bonds is 6. The molecule has 2 N–H and O–H groups in total. The van der Waals surface area contributed by atoms with Crippen molar-refractivity contribution in [1.29, 1.82) is 0 Å². The van der Waals surface area contributed by atoms with Crippen LogP contribution in [-0.2, 0) is 5.92 Å². The number of urea groups is 1. The highest BCUT2D eigenvalue weighted by Gasteiger charge is 2.91. The Morgan fingerprint density at radius 2 is 1.33 bits per heavy atom. The van der Waals surface area contributed by atoms with E-state index in [2.05, 4.69) is 4.99 Å². The average molecular weight is 513 g/mol. The quantitative estimate of drug-likeness (QED) is 0.418. The maximum atomic E-state index is 14.2. The Bertz CT molecular complexity index is 951. The third-order valence-corrected chi connectivity index (χ3v) is 3.82. The molecule has 0 spiro atoms. The number of carbonyl (C=O) groups is 1. The summed E-state index contributed by atoms with van der Waals surface area (Å²) in [6.45, 7) is 2.78. The van der Waals surface area contributed by atoms with Gasteiger partial charge in [0, 0.05) is 12.2 Å². The Kier molecular flexibility index (Phi) is 7.10. The van der Waals surface area contributed by atoms with Crippen LogP contribution in [0.4, 0.5) is 61.9 Å². The zero-order valence-electron chi connectivity index (χ0n) is 16.0. The SMILES string of the molecule is CC(C)NC(=O)/N=c1\ccn(O)c(C(F)(F)C(F)(F)C(F)(F)C(F)(F)C(F)(F)C(F)(F)F)c1. The Morgan fingerprint density at radius 1 is 0.879 bits per heavy atom. The second-order valence-corrected chi connectivity index (χ2v) is 6.70. The summed E-state index contributed by atoms with van der Waals surface area (Å²) in [6, 6.07) is -1.82. The lowest BCUT2D eigenvalue weighted by atomic mass is 9.92. The molecule has 190 valence electrons. The molecule has 2 amide bonds. The molecule has 5 nitrogen and oxygen atoms in total.